The number of sulfone groups is 1. The first kappa shape index (κ1) is 16.0. The van der Waals surface area contributed by atoms with Crippen LogP contribution in [0.5, 0.6) is 5.75 Å². The second-order valence-corrected chi connectivity index (χ2v) is 7.13. The average Bonchev–Trinajstić information content (AvgIpc) is 2.28. The molecule has 0 saturated heterocycles. The molecule has 0 radical (unpaired) electrons. The molecular weight excluding hydrogens is 262 g/mol. The van der Waals surface area contributed by atoms with Gasteiger partial charge < -0.3 is 10.5 Å². The van der Waals surface area contributed by atoms with Crippen molar-refractivity contribution < 1.29 is 13.2 Å². The molecule has 1 aromatic rings. The fraction of sp³-hybridized carbons (Fsp3) is 0.571. The number of ether oxygens (including phenoxy) is 1. The summed E-state index contributed by atoms with van der Waals surface area (Å²) in [5, 5.41) is 0. The lowest BCUT2D eigenvalue weighted by atomic mass is 10.1. The zero-order valence-electron chi connectivity index (χ0n) is 11.6. The van der Waals surface area contributed by atoms with Crippen molar-refractivity contribution in [1.82, 2.24) is 0 Å². The van der Waals surface area contributed by atoms with Crippen LogP contribution in [0.15, 0.2) is 24.3 Å². The van der Waals surface area contributed by atoms with Gasteiger partial charge in [-0.15, -0.1) is 0 Å². The number of hydrogen-bond donors (Lipinski definition) is 1. The van der Waals surface area contributed by atoms with Crippen LogP contribution in [0.2, 0.25) is 0 Å². The van der Waals surface area contributed by atoms with Crippen LogP contribution in [0.4, 0.5) is 0 Å². The molecule has 0 aliphatic rings. The van der Waals surface area contributed by atoms with Crippen LogP contribution in [0.3, 0.4) is 0 Å². The Hall–Kier alpha value is -1.07. The lowest BCUT2D eigenvalue weighted by Gasteiger charge is -2.09. The smallest absolute Gasteiger partial charge is 0.153 e. The van der Waals surface area contributed by atoms with E-state index in [1.165, 1.54) is 0 Å². The summed E-state index contributed by atoms with van der Waals surface area (Å²) in [7, 11) is -2.98. The van der Waals surface area contributed by atoms with Crippen LogP contribution in [-0.4, -0.2) is 32.6 Å². The van der Waals surface area contributed by atoms with Crippen molar-refractivity contribution in [3.05, 3.63) is 29.8 Å². The molecule has 1 aromatic carbocycles. The standard InChI is InChI=1S/C14H23NO3S/c1-3-8-19(16,17)9-7-18-14-6-4-5-13(11-14)10-12(2)15/h4-6,11-12H,3,7-10,15H2,1-2H3. The van der Waals surface area contributed by atoms with Gasteiger partial charge in [0.1, 0.15) is 12.4 Å². The highest BCUT2D eigenvalue weighted by Gasteiger charge is 2.09. The molecule has 0 fully saturated rings. The number of benzene rings is 1. The van der Waals surface area contributed by atoms with E-state index in [0.29, 0.717) is 12.2 Å². The molecule has 0 spiro atoms. The molecule has 1 unspecified atom stereocenters. The SMILES string of the molecule is CCCS(=O)(=O)CCOc1cccc(CC(C)N)c1. The van der Waals surface area contributed by atoms with Gasteiger partial charge in [0.05, 0.1) is 11.5 Å². The van der Waals surface area contributed by atoms with E-state index in [4.69, 9.17) is 10.5 Å². The molecule has 0 heterocycles. The highest BCUT2D eigenvalue weighted by Crippen LogP contribution is 2.14. The van der Waals surface area contributed by atoms with Crippen LogP contribution in [0, 0.1) is 0 Å². The van der Waals surface area contributed by atoms with Gasteiger partial charge in [-0.2, -0.15) is 0 Å². The molecule has 0 bridgehead atoms. The highest BCUT2D eigenvalue weighted by atomic mass is 32.2. The predicted octanol–water partition coefficient (Wildman–Crippen LogP) is 1.78. The van der Waals surface area contributed by atoms with E-state index in [0.717, 1.165) is 12.0 Å². The highest BCUT2D eigenvalue weighted by molar-refractivity contribution is 7.91. The Morgan fingerprint density at radius 3 is 2.68 bits per heavy atom. The van der Waals surface area contributed by atoms with Crippen LogP contribution in [-0.2, 0) is 16.3 Å². The normalized spacial score (nSPS) is 13.2. The summed E-state index contributed by atoms with van der Waals surface area (Å²) in [6, 6.07) is 7.73. The number of hydrogen-bond acceptors (Lipinski definition) is 4. The van der Waals surface area contributed by atoms with Gasteiger partial charge in [-0.1, -0.05) is 19.1 Å². The van der Waals surface area contributed by atoms with Crippen LogP contribution >= 0.6 is 0 Å². The fourth-order valence-corrected chi connectivity index (χ4v) is 3.00. The molecule has 2 N–H and O–H groups in total. The van der Waals surface area contributed by atoms with Crippen molar-refractivity contribution in [3.63, 3.8) is 0 Å². The van der Waals surface area contributed by atoms with Gasteiger partial charge in [0, 0.05) is 6.04 Å². The molecule has 5 heteroatoms. The third kappa shape index (κ3) is 6.59. The first-order valence-electron chi connectivity index (χ1n) is 6.60. The Kier molecular flexibility index (Phi) is 6.31. The van der Waals surface area contributed by atoms with E-state index < -0.39 is 9.84 Å². The molecule has 0 amide bonds. The van der Waals surface area contributed by atoms with Crippen molar-refractivity contribution in [1.29, 1.82) is 0 Å². The van der Waals surface area contributed by atoms with E-state index in [2.05, 4.69) is 0 Å². The second kappa shape index (κ2) is 7.50. The number of nitrogens with two attached hydrogens (primary N) is 1. The fourth-order valence-electron chi connectivity index (χ4n) is 1.83. The van der Waals surface area contributed by atoms with E-state index >= 15 is 0 Å². The Balaban J connectivity index is 2.49. The summed E-state index contributed by atoms with van der Waals surface area (Å²) >= 11 is 0. The summed E-state index contributed by atoms with van der Waals surface area (Å²) in [4.78, 5) is 0. The van der Waals surface area contributed by atoms with E-state index in [1.807, 2.05) is 38.1 Å². The maximum atomic E-state index is 11.5. The minimum absolute atomic E-state index is 0.0678. The predicted molar refractivity (Wildman–Crippen MR) is 78.2 cm³/mol. The summed E-state index contributed by atoms with van der Waals surface area (Å²) in [6.45, 7) is 4.00. The van der Waals surface area contributed by atoms with Crippen molar-refractivity contribution >= 4 is 9.84 Å². The molecule has 0 aromatic heterocycles. The average molecular weight is 285 g/mol. The Morgan fingerprint density at radius 1 is 1.32 bits per heavy atom. The van der Waals surface area contributed by atoms with Crippen LogP contribution in [0.25, 0.3) is 0 Å². The van der Waals surface area contributed by atoms with Gasteiger partial charge in [0.15, 0.2) is 9.84 Å². The summed E-state index contributed by atoms with van der Waals surface area (Å²) in [5.41, 5.74) is 6.85. The molecule has 0 aliphatic heterocycles. The molecule has 19 heavy (non-hydrogen) atoms. The Bertz CT molecular complexity index is 483. The first-order valence-corrected chi connectivity index (χ1v) is 8.43. The van der Waals surface area contributed by atoms with Gasteiger partial charge in [-0.25, -0.2) is 8.42 Å². The van der Waals surface area contributed by atoms with Crippen molar-refractivity contribution in [2.45, 2.75) is 32.7 Å². The zero-order valence-corrected chi connectivity index (χ0v) is 12.4. The van der Waals surface area contributed by atoms with Crippen molar-refractivity contribution in [3.8, 4) is 5.75 Å². The molecule has 4 nitrogen and oxygen atoms in total. The minimum atomic E-state index is -2.98. The first-order chi connectivity index (χ1) is 8.93. The maximum Gasteiger partial charge on any atom is 0.153 e. The lowest BCUT2D eigenvalue weighted by molar-refractivity contribution is 0.340. The van der Waals surface area contributed by atoms with Crippen LogP contribution in [0.1, 0.15) is 25.8 Å². The third-order valence-electron chi connectivity index (χ3n) is 2.63. The Labute approximate surface area is 115 Å². The quantitative estimate of drug-likeness (QED) is 0.790. The third-order valence-corrected chi connectivity index (χ3v) is 4.45. The summed E-state index contributed by atoms with van der Waals surface area (Å²) < 4.78 is 28.6. The van der Waals surface area contributed by atoms with Gasteiger partial charge in [-0.05, 0) is 37.5 Å². The molecular formula is C14H23NO3S. The second-order valence-electron chi connectivity index (χ2n) is 4.83. The largest absolute Gasteiger partial charge is 0.493 e. The van der Waals surface area contributed by atoms with Crippen LogP contribution < -0.4 is 10.5 Å². The van der Waals surface area contributed by atoms with E-state index in [-0.39, 0.29) is 24.2 Å². The van der Waals surface area contributed by atoms with Gasteiger partial charge in [0.25, 0.3) is 0 Å². The van der Waals surface area contributed by atoms with E-state index in [1.54, 1.807) is 0 Å². The minimum Gasteiger partial charge on any atom is -0.493 e. The lowest BCUT2D eigenvalue weighted by Crippen LogP contribution is -2.18. The monoisotopic (exact) mass is 285 g/mol. The molecule has 0 aliphatic carbocycles. The van der Waals surface area contributed by atoms with Gasteiger partial charge in [-0.3, -0.25) is 0 Å². The summed E-state index contributed by atoms with van der Waals surface area (Å²) in [6.07, 6.45) is 1.43. The molecule has 108 valence electrons. The number of rotatable bonds is 8. The van der Waals surface area contributed by atoms with Gasteiger partial charge >= 0.3 is 0 Å². The summed E-state index contributed by atoms with van der Waals surface area (Å²) in [5.74, 6) is 0.990. The van der Waals surface area contributed by atoms with Gasteiger partial charge in [0.2, 0.25) is 0 Å². The molecule has 0 saturated carbocycles. The van der Waals surface area contributed by atoms with Crippen molar-refractivity contribution in [2.75, 3.05) is 18.1 Å². The van der Waals surface area contributed by atoms with Crippen molar-refractivity contribution in [2.24, 2.45) is 5.73 Å². The zero-order chi connectivity index (χ0) is 14.3. The molecule has 1 rings (SSSR count). The van der Waals surface area contributed by atoms with E-state index in [9.17, 15) is 8.42 Å². The molecule has 1 atom stereocenters. The topological polar surface area (TPSA) is 69.4 Å². The maximum absolute atomic E-state index is 11.5. The Morgan fingerprint density at radius 2 is 2.05 bits per heavy atom.